The lowest BCUT2D eigenvalue weighted by Crippen LogP contribution is -2.04. The Balaban J connectivity index is 1.87. The normalized spacial score (nSPS) is 12.4. The molecule has 3 aromatic rings. The third-order valence-electron chi connectivity index (χ3n) is 3.90. The SMILES string of the molecule is Cc1ccc(C#Cc2cncc(C(=O)N=S(C)(=O)c3ccc(Cl)cc3)c2)cc1. The number of hydrogen-bond acceptors (Lipinski definition) is 3. The first-order valence-electron chi connectivity index (χ1n) is 8.39. The van der Waals surface area contributed by atoms with Crippen LogP contribution >= 0.6 is 11.6 Å². The van der Waals surface area contributed by atoms with Gasteiger partial charge in [0.05, 0.1) is 15.3 Å². The van der Waals surface area contributed by atoms with Crippen LogP contribution in [0.15, 0.2) is 76.2 Å². The lowest BCUT2D eigenvalue weighted by molar-refractivity contribution is 0.100. The first kappa shape index (κ1) is 19.8. The van der Waals surface area contributed by atoms with Crippen molar-refractivity contribution in [3.8, 4) is 11.8 Å². The number of nitrogens with zero attached hydrogens (tertiary/aromatic N) is 2. The molecule has 3 rings (SSSR count). The lowest BCUT2D eigenvalue weighted by atomic mass is 10.1. The third-order valence-corrected chi connectivity index (χ3v) is 5.81. The van der Waals surface area contributed by atoms with Crippen molar-refractivity contribution in [2.45, 2.75) is 11.8 Å². The van der Waals surface area contributed by atoms with E-state index in [2.05, 4.69) is 21.2 Å². The van der Waals surface area contributed by atoms with Crippen LogP contribution in [0.25, 0.3) is 0 Å². The summed E-state index contributed by atoms with van der Waals surface area (Å²) in [6.45, 7) is 2.01. The van der Waals surface area contributed by atoms with E-state index < -0.39 is 15.6 Å². The molecule has 2 aromatic carbocycles. The van der Waals surface area contributed by atoms with Crippen LogP contribution in [-0.4, -0.2) is 21.4 Å². The first-order valence-corrected chi connectivity index (χ1v) is 10.7. The summed E-state index contributed by atoms with van der Waals surface area (Å²) in [6, 6.07) is 15.8. The van der Waals surface area contributed by atoms with E-state index >= 15 is 0 Å². The molecule has 140 valence electrons. The molecule has 6 heteroatoms. The van der Waals surface area contributed by atoms with Crippen LogP contribution in [0.5, 0.6) is 0 Å². The van der Waals surface area contributed by atoms with Crippen molar-refractivity contribution in [3.63, 3.8) is 0 Å². The summed E-state index contributed by atoms with van der Waals surface area (Å²) in [5.74, 6) is 5.41. The van der Waals surface area contributed by atoms with Crippen LogP contribution in [0.3, 0.4) is 0 Å². The molecule has 0 radical (unpaired) electrons. The molecule has 1 amide bonds. The van der Waals surface area contributed by atoms with Gasteiger partial charge in [-0.05, 0) is 49.4 Å². The van der Waals surface area contributed by atoms with E-state index in [1.165, 1.54) is 12.5 Å². The lowest BCUT2D eigenvalue weighted by Gasteiger charge is -2.04. The van der Waals surface area contributed by atoms with Crippen LogP contribution < -0.4 is 0 Å². The highest BCUT2D eigenvalue weighted by Gasteiger charge is 2.12. The number of halogens is 1. The minimum Gasteiger partial charge on any atom is -0.266 e. The number of aromatic nitrogens is 1. The second-order valence-corrected chi connectivity index (χ2v) is 8.93. The van der Waals surface area contributed by atoms with Gasteiger partial charge in [-0.15, -0.1) is 0 Å². The number of carbonyl (C=O) groups is 1. The maximum atomic E-state index is 12.8. The highest BCUT2D eigenvalue weighted by atomic mass is 35.5. The highest BCUT2D eigenvalue weighted by Crippen LogP contribution is 2.17. The largest absolute Gasteiger partial charge is 0.286 e. The molecular formula is C22H17ClN2O2S. The molecule has 0 spiro atoms. The maximum Gasteiger partial charge on any atom is 0.286 e. The van der Waals surface area contributed by atoms with Crippen molar-refractivity contribution >= 4 is 27.2 Å². The number of carbonyl (C=O) groups excluding carboxylic acids is 1. The minimum atomic E-state index is -2.89. The number of rotatable bonds is 2. The van der Waals surface area contributed by atoms with Crippen molar-refractivity contribution in [2.24, 2.45) is 4.36 Å². The number of aryl methyl sites for hydroxylation is 1. The monoisotopic (exact) mass is 408 g/mol. The van der Waals surface area contributed by atoms with Crippen LogP contribution in [0.1, 0.15) is 27.0 Å². The average molecular weight is 409 g/mol. The summed E-state index contributed by atoms with van der Waals surface area (Å²) in [5, 5.41) is 0.523. The Morgan fingerprint density at radius 3 is 2.32 bits per heavy atom. The van der Waals surface area contributed by atoms with Gasteiger partial charge in [0.15, 0.2) is 0 Å². The molecule has 0 aliphatic carbocycles. The van der Waals surface area contributed by atoms with E-state index in [4.69, 9.17) is 11.6 Å². The van der Waals surface area contributed by atoms with Crippen molar-refractivity contribution in [3.05, 3.63) is 94.3 Å². The summed E-state index contributed by atoms with van der Waals surface area (Å²) < 4.78 is 16.7. The van der Waals surface area contributed by atoms with Gasteiger partial charge in [0.2, 0.25) is 0 Å². The van der Waals surface area contributed by atoms with Gasteiger partial charge >= 0.3 is 0 Å². The molecule has 0 aliphatic heterocycles. The summed E-state index contributed by atoms with van der Waals surface area (Å²) in [7, 11) is -2.89. The van der Waals surface area contributed by atoms with Crippen LogP contribution in [0, 0.1) is 18.8 Å². The summed E-state index contributed by atoms with van der Waals surface area (Å²) >= 11 is 5.85. The van der Waals surface area contributed by atoms with Crippen LogP contribution in [-0.2, 0) is 9.73 Å². The standard InChI is InChI=1S/C22H17ClN2O2S/c1-16-3-5-17(6-4-16)7-8-18-13-19(15-24-14-18)22(26)25-28(2,27)21-11-9-20(23)10-12-21/h3-6,9-15H,1-2H3. The fourth-order valence-electron chi connectivity index (χ4n) is 2.36. The number of amides is 1. The molecule has 0 N–H and O–H groups in total. The predicted octanol–water partition coefficient (Wildman–Crippen LogP) is 4.74. The molecular weight excluding hydrogens is 392 g/mol. The van der Waals surface area contributed by atoms with Gasteiger partial charge in [0.1, 0.15) is 0 Å². The van der Waals surface area contributed by atoms with E-state index in [0.717, 1.165) is 11.1 Å². The molecule has 0 saturated heterocycles. The Labute approximate surface area is 169 Å². The van der Waals surface area contributed by atoms with E-state index in [-0.39, 0.29) is 5.56 Å². The van der Waals surface area contributed by atoms with E-state index in [1.807, 2.05) is 31.2 Å². The van der Waals surface area contributed by atoms with Crippen LogP contribution in [0.4, 0.5) is 0 Å². The van der Waals surface area contributed by atoms with Crippen molar-refractivity contribution < 1.29 is 9.00 Å². The van der Waals surface area contributed by atoms with Crippen LogP contribution in [0.2, 0.25) is 5.02 Å². The fraction of sp³-hybridized carbons (Fsp3) is 0.0909. The van der Waals surface area contributed by atoms with Gasteiger partial charge in [-0.3, -0.25) is 9.78 Å². The topological polar surface area (TPSA) is 59.4 Å². The zero-order chi connectivity index (χ0) is 20.1. The number of hydrogen-bond donors (Lipinski definition) is 0. The average Bonchev–Trinajstić information content (AvgIpc) is 2.68. The van der Waals surface area contributed by atoms with E-state index in [1.54, 1.807) is 36.5 Å². The van der Waals surface area contributed by atoms with Gasteiger partial charge in [-0.2, -0.15) is 4.36 Å². The smallest absolute Gasteiger partial charge is 0.266 e. The van der Waals surface area contributed by atoms with Gasteiger partial charge < -0.3 is 0 Å². The zero-order valence-electron chi connectivity index (χ0n) is 15.3. The molecule has 0 saturated carbocycles. The Hall–Kier alpha value is -2.94. The van der Waals surface area contributed by atoms with Gasteiger partial charge in [0, 0.05) is 39.7 Å². The molecule has 1 atom stereocenters. The minimum absolute atomic E-state index is 0.235. The Bertz CT molecular complexity index is 1200. The maximum absolute atomic E-state index is 12.8. The first-order chi connectivity index (χ1) is 13.3. The predicted molar refractivity (Wildman–Crippen MR) is 112 cm³/mol. The zero-order valence-corrected chi connectivity index (χ0v) is 16.9. The molecule has 0 aliphatic rings. The van der Waals surface area contributed by atoms with Crippen molar-refractivity contribution in [2.75, 3.05) is 6.26 Å². The third kappa shape index (κ3) is 5.07. The van der Waals surface area contributed by atoms with Gasteiger partial charge in [-0.25, -0.2) is 4.21 Å². The number of benzene rings is 2. The molecule has 0 fully saturated rings. The van der Waals surface area contributed by atoms with Gasteiger partial charge in [-0.1, -0.05) is 41.1 Å². The van der Waals surface area contributed by atoms with Crippen molar-refractivity contribution in [1.82, 2.24) is 4.98 Å². The Morgan fingerprint density at radius 1 is 1.00 bits per heavy atom. The quantitative estimate of drug-likeness (QED) is 0.575. The van der Waals surface area contributed by atoms with Crippen molar-refractivity contribution in [1.29, 1.82) is 0 Å². The molecule has 28 heavy (non-hydrogen) atoms. The molecule has 1 aromatic heterocycles. The second kappa shape index (κ2) is 8.39. The Morgan fingerprint density at radius 2 is 1.64 bits per heavy atom. The molecule has 1 heterocycles. The highest BCUT2D eigenvalue weighted by molar-refractivity contribution is 7.93. The molecule has 4 nitrogen and oxygen atoms in total. The summed E-state index contributed by atoms with van der Waals surface area (Å²) in [5.41, 5.74) is 2.84. The second-order valence-electron chi connectivity index (χ2n) is 6.23. The molecule has 1 unspecified atom stereocenters. The van der Waals surface area contributed by atoms with E-state index in [9.17, 15) is 9.00 Å². The molecule has 0 bridgehead atoms. The number of pyridine rings is 1. The van der Waals surface area contributed by atoms with Gasteiger partial charge in [0.25, 0.3) is 5.91 Å². The summed E-state index contributed by atoms with van der Waals surface area (Å²) in [4.78, 5) is 17.0. The Kier molecular flexibility index (Phi) is 5.93. The van der Waals surface area contributed by atoms with E-state index in [0.29, 0.717) is 15.5 Å². The fourth-order valence-corrected chi connectivity index (χ4v) is 3.65. The summed E-state index contributed by atoms with van der Waals surface area (Å²) in [6.07, 6.45) is 4.38.